The van der Waals surface area contributed by atoms with E-state index < -0.39 is 5.92 Å². The van der Waals surface area contributed by atoms with Crippen molar-refractivity contribution in [1.29, 1.82) is 5.26 Å². The smallest absolute Gasteiger partial charge is 0.262 e. The summed E-state index contributed by atoms with van der Waals surface area (Å²) >= 11 is 11.9. The van der Waals surface area contributed by atoms with E-state index in [0.717, 1.165) is 0 Å². The van der Waals surface area contributed by atoms with Gasteiger partial charge in [-0.1, -0.05) is 49.2 Å². The van der Waals surface area contributed by atoms with Gasteiger partial charge in [0, 0.05) is 24.1 Å². The van der Waals surface area contributed by atoms with Crippen molar-refractivity contribution >= 4 is 40.6 Å². The fourth-order valence-corrected chi connectivity index (χ4v) is 4.59. The molecule has 4 rings (SSSR count). The van der Waals surface area contributed by atoms with Crippen molar-refractivity contribution in [3.63, 3.8) is 0 Å². The van der Waals surface area contributed by atoms with Crippen LogP contribution in [0.1, 0.15) is 38.2 Å². The number of anilines is 1. The minimum absolute atomic E-state index is 0.0149. The summed E-state index contributed by atoms with van der Waals surface area (Å²) in [6, 6.07) is 13.7. The van der Waals surface area contributed by atoms with Gasteiger partial charge in [-0.15, -0.1) is 0 Å². The van der Waals surface area contributed by atoms with Gasteiger partial charge in [-0.05, 0) is 41.3 Å². The molecule has 2 aromatic rings. The van der Waals surface area contributed by atoms with E-state index >= 15 is 0 Å². The number of nitrogens with one attached hydrogen (secondary N) is 1. The monoisotopic (exact) mass is 511 g/mol. The van der Waals surface area contributed by atoms with Crippen LogP contribution in [-0.4, -0.2) is 18.3 Å². The number of allylic oxidation sites excluding steroid dienone is 3. The molecule has 0 saturated carbocycles. The van der Waals surface area contributed by atoms with Gasteiger partial charge >= 0.3 is 0 Å². The van der Waals surface area contributed by atoms with E-state index in [2.05, 4.69) is 11.4 Å². The largest absolute Gasteiger partial charge is 0.484 e. The summed E-state index contributed by atoms with van der Waals surface area (Å²) in [6.07, 6.45) is 0.915. The van der Waals surface area contributed by atoms with Gasteiger partial charge < -0.3 is 20.5 Å². The topological polar surface area (TPSA) is 114 Å². The van der Waals surface area contributed by atoms with Crippen molar-refractivity contribution < 1.29 is 19.1 Å². The lowest BCUT2D eigenvalue weighted by Gasteiger charge is -2.37. The lowest BCUT2D eigenvalue weighted by atomic mass is 9.70. The molecule has 35 heavy (non-hydrogen) atoms. The Morgan fingerprint density at radius 1 is 1.20 bits per heavy atom. The van der Waals surface area contributed by atoms with Crippen LogP contribution in [0.15, 0.2) is 65.3 Å². The number of amides is 1. The van der Waals surface area contributed by atoms with Crippen LogP contribution in [0.3, 0.4) is 0 Å². The van der Waals surface area contributed by atoms with Gasteiger partial charge in [-0.25, -0.2) is 0 Å². The molecule has 1 amide bonds. The number of ketones is 1. The van der Waals surface area contributed by atoms with Crippen LogP contribution >= 0.6 is 23.2 Å². The van der Waals surface area contributed by atoms with Gasteiger partial charge in [0.1, 0.15) is 23.2 Å². The fourth-order valence-electron chi connectivity index (χ4n) is 4.29. The van der Waals surface area contributed by atoms with Crippen LogP contribution in [0.2, 0.25) is 10.0 Å². The van der Waals surface area contributed by atoms with E-state index in [1.807, 2.05) is 13.8 Å². The third kappa shape index (κ3) is 5.29. The molecule has 0 radical (unpaired) electrons. The highest BCUT2D eigenvalue weighted by molar-refractivity contribution is 6.42. The maximum absolute atomic E-state index is 13.0. The van der Waals surface area contributed by atoms with Crippen molar-refractivity contribution in [2.75, 3.05) is 11.9 Å². The molecule has 180 valence electrons. The normalized spacial score (nSPS) is 18.9. The summed E-state index contributed by atoms with van der Waals surface area (Å²) in [5, 5.41) is 13.1. The van der Waals surface area contributed by atoms with E-state index in [-0.39, 0.29) is 35.2 Å². The fraction of sp³-hybridized carbons (Fsp3) is 0.269. The van der Waals surface area contributed by atoms with Gasteiger partial charge in [0.2, 0.25) is 5.88 Å². The van der Waals surface area contributed by atoms with Crippen molar-refractivity contribution in [2.45, 2.75) is 32.6 Å². The zero-order valence-corrected chi connectivity index (χ0v) is 20.7. The predicted molar refractivity (Wildman–Crippen MR) is 133 cm³/mol. The first-order valence-corrected chi connectivity index (χ1v) is 11.6. The molecule has 3 N–H and O–H groups in total. The number of nitriles is 1. The first-order valence-electron chi connectivity index (χ1n) is 10.9. The van der Waals surface area contributed by atoms with Crippen molar-refractivity contribution in [2.24, 2.45) is 11.1 Å². The highest BCUT2D eigenvalue weighted by atomic mass is 35.5. The van der Waals surface area contributed by atoms with Crippen LogP contribution in [0.25, 0.3) is 0 Å². The number of halogens is 2. The van der Waals surface area contributed by atoms with E-state index in [1.54, 1.807) is 42.5 Å². The molecule has 1 heterocycles. The highest BCUT2D eigenvalue weighted by Gasteiger charge is 2.42. The summed E-state index contributed by atoms with van der Waals surface area (Å²) in [5.41, 5.74) is 7.69. The van der Waals surface area contributed by atoms with Crippen LogP contribution < -0.4 is 15.8 Å². The molecule has 0 saturated heterocycles. The van der Waals surface area contributed by atoms with Gasteiger partial charge in [0.15, 0.2) is 12.4 Å². The molecule has 0 bridgehead atoms. The molecule has 9 heteroatoms. The Morgan fingerprint density at radius 2 is 1.91 bits per heavy atom. The summed E-state index contributed by atoms with van der Waals surface area (Å²) in [5.74, 6) is -0.0521. The molecular formula is C26H23Cl2N3O4. The molecule has 0 aromatic heterocycles. The van der Waals surface area contributed by atoms with Crippen molar-refractivity contribution in [3.8, 4) is 11.8 Å². The number of rotatable bonds is 5. The minimum atomic E-state index is -0.612. The Labute approximate surface area is 213 Å². The van der Waals surface area contributed by atoms with E-state index in [4.69, 9.17) is 38.4 Å². The van der Waals surface area contributed by atoms with E-state index in [9.17, 15) is 14.9 Å². The Bertz CT molecular complexity index is 1310. The van der Waals surface area contributed by atoms with Crippen molar-refractivity contribution in [1.82, 2.24) is 0 Å². The number of hydrogen-bond acceptors (Lipinski definition) is 6. The second-order valence-corrected chi connectivity index (χ2v) is 10.1. The molecule has 1 aliphatic carbocycles. The summed E-state index contributed by atoms with van der Waals surface area (Å²) in [7, 11) is 0. The number of benzene rings is 2. The average Bonchev–Trinajstić information content (AvgIpc) is 2.79. The number of nitrogens with zero attached hydrogens (tertiary/aromatic N) is 1. The first kappa shape index (κ1) is 24.6. The summed E-state index contributed by atoms with van der Waals surface area (Å²) in [4.78, 5) is 25.3. The molecule has 2 aromatic carbocycles. The SMILES string of the molecule is CC1(C)CC(=O)C2=C(C1)OC(N)=C(C#N)C2c1ccc(OCC(=O)Nc2ccc(Cl)c(Cl)c2)cc1. The second-order valence-electron chi connectivity index (χ2n) is 9.24. The molecule has 2 aliphatic rings. The molecule has 1 atom stereocenters. The maximum Gasteiger partial charge on any atom is 0.262 e. The standard InChI is InChI=1S/C26H23Cl2N3O4/c1-26(2)10-20(32)24-21(11-26)35-25(30)17(12-29)23(24)14-3-6-16(7-4-14)34-13-22(33)31-15-5-8-18(27)19(28)9-15/h3-9,23H,10-11,13,30H2,1-2H3,(H,31,33). The van der Waals surface area contributed by atoms with E-state index in [1.165, 1.54) is 0 Å². The van der Waals surface area contributed by atoms with E-state index in [0.29, 0.717) is 51.2 Å². The average molecular weight is 512 g/mol. The summed E-state index contributed by atoms with van der Waals surface area (Å²) < 4.78 is 11.3. The Morgan fingerprint density at radius 3 is 2.57 bits per heavy atom. The number of nitrogens with two attached hydrogens (primary N) is 1. The highest BCUT2D eigenvalue weighted by Crippen LogP contribution is 2.47. The quantitative estimate of drug-likeness (QED) is 0.550. The molecule has 0 fully saturated rings. The zero-order valence-electron chi connectivity index (χ0n) is 19.2. The predicted octanol–water partition coefficient (Wildman–Crippen LogP) is 5.46. The molecule has 1 unspecified atom stereocenters. The third-order valence-electron chi connectivity index (χ3n) is 5.86. The van der Waals surface area contributed by atoms with Crippen LogP contribution in [-0.2, 0) is 14.3 Å². The van der Waals surface area contributed by atoms with Crippen LogP contribution in [0, 0.1) is 16.7 Å². The maximum atomic E-state index is 13.0. The number of carbonyl (C=O) groups excluding carboxylic acids is 2. The Kier molecular flexibility index (Phi) is 6.79. The zero-order chi connectivity index (χ0) is 25.3. The lowest BCUT2D eigenvalue weighted by Crippen LogP contribution is -2.33. The molecule has 7 nitrogen and oxygen atoms in total. The van der Waals surface area contributed by atoms with Crippen molar-refractivity contribution in [3.05, 3.63) is 80.9 Å². The van der Waals surface area contributed by atoms with Gasteiger partial charge in [-0.3, -0.25) is 9.59 Å². The van der Waals surface area contributed by atoms with Crippen LogP contribution in [0.4, 0.5) is 5.69 Å². The molecular weight excluding hydrogens is 489 g/mol. The number of carbonyl (C=O) groups is 2. The summed E-state index contributed by atoms with van der Waals surface area (Å²) in [6.45, 7) is 3.77. The van der Waals surface area contributed by atoms with Crippen LogP contribution in [0.5, 0.6) is 5.75 Å². The second kappa shape index (κ2) is 9.65. The first-order chi connectivity index (χ1) is 16.6. The Hall–Kier alpha value is -3.47. The van der Waals surface area contributed by atoms with Gasteiger partial charge in [-0.2, -0.15) is 5.26 Å². The minimum Gasteiger partial charge on any atom is -0.484 e. The third-order valence-corrected chi connectivity index (χ3v) is 6.60. The number of hydrogen-bond donors (Lipinski definition) is 2. The van der Waals surface area contributed by atoms with Gasteiger partial charge in [0.25, 0.3) is 5.91 Å². The molecule has 1 aliphatic heterocycles. The Balaban J connectivity index is 1.50. The van der Waals surface area contributed by atoms with Gasteiger partial charge in [0.05, 0.1) is 16.0 Å². The number of Topliss-reactive ketones (excluding diaryl/α,β-unsaturated/α-hetero) is 1. The molecule has 0 spiro atoms. The number of ether oxygens (including phenoxy) is 2. The lowest BCUT2D eigenvalue weighted by molar-refractivity contribution is -0.119.